The Labute approximate surface area is 127 Å². The van der Waals surface area contributed by atoms with Crippen molar-refractivity contribution in [2.45, 2.75) is 41.2 Å². The van der Waals surface area contributed by atoms with Crippen LogP contribution < -0.4 is 5.32 Å². The van der Waals surface area contributed by atoms with Gasteiger partial charge in [0.25, 0.3) is 0 Å². The van der Waals surface area contributed by atoms with E-state index in [1.165, 1.54) is 0 Å². The van der Waals surface area contributed by atoms with Crippen molar-refractivity contribution in [3.05, 3.63) is 17.0 Å². The lowest BCUT2D eigenvalue weighted by Crippen LogP contribution is -2.25. The molecule has 20 heavy (non-hydrogen) atoms. The molecule has 0 radical (unpaired) electrons. The number of hydrogen-bond acceptors (Lipinski definition) is 4. The molecular formula is C15H26ClN3O. The summed E-state index contributed by atoms with van der Waals surface area (Å²) < 4.78 is 5.32. The van der Waals surface area contributed by atoms with Crippen LogP contribution in [-0.2, 0) is 11.3 Å². The standard InChI is InChI=1S/C15H26ClN3O/c1-6-20-9-15-18-13(16)7-14(19-15)17-8-12(10(2)3)11(4)5/h7,10-12H,6,8-9H2,1-5H3,(H,17,18,19). The smallest absolute Gasteiger partial charge is 0.158 e. The fourth-order valence-corrected chi connectivity index (χ4v) is 2.48. The Hall–Kier alpha value is -0.870. The van der Waals surface area contributed by atoms with Gasteiger partial charge in [0.05, 0.1) is 0 Å². The molecule has 1 heterocycles. The van der Waals surface area contributed by atoms with Crippen molar-refractivity contribution < 1.29 is 4.74 Å². The second-order valence-corrected chi connectivity index (χ2v) is 6.05. The van der Waals surface area contributed by atoms with Crippen LogP contribution in [0, 0.1) is 17.8 Å². The number of aromatic nitrogens is 2. The maximum absolute atomic E-state index is 6.02. The number of anilines is 1. The molecule has 1 N–H and O–H groups in total. The molecule has 5 heteroatoms. The van der Waals surface area contributed by atoms with Crippen molar-refractivity contribution in [1.82, 2.24) is 9.97 Å². The van der Waals surface area contributed by atoms with Crippen LogP contribution in [0.2, 0.25) is 5.15 Å². The number of halogens is 1. The molecule has 0 amide bonds. The van der Waals surface area contributed by atoms with Crippen molar-refractivity contribution in [3.63, 3.8) is 0 Å². The first-order chi connectivity index (χ1) is 9.43. The molecule has 1 aromatic heterocycles. The molecule has 0 bridgehead atoms. The van der Waals surface area contributed by atoms with E-state index in [0.29, 0.717) is 41.9 Å². The third-order valence-corrected chi connectivity index (χ3v) is 3.60. The second kappa shape index (κ2) is 8.42. The molecule has 1 aromatic rings. The molecule has 0 spiro atoms. The summed E-state index contributed by atoms with van der Waals surface area (Å²) in [5, 5.41) is 3.82. The zero-order chi connectivity index (χ0) is 15.1. The van der Waals surface area contributed by atoms with Crippen molar-refractivity contribution in [1.29, 1.82) is 0 Å². The number of rotatable bonds is 8. The Morgan fingerprint density at radius 2 is 1.85 bits per heavy atom. The summed E-state index contributed by atoms with van der Waals surface area (Å²) in [5.74, 6) is 3.24. The van der Waals surface area contributed by atoms with Crippen molar-refractivity contribution >= 4 is 17.4 Å². The Morgan fingerprint density at radius 1 is 1.20 bits per heavy atom. The van der Waals surface area contributed by atoms with Gasteiger partial charge in [-0.25, -0.2) is 9.97 Å². The summed E-state index contributed by atoms with van der Waals surface area (Å²) in [6, 6.07) is 1.76. The van der Waals surface area contributed by atoms with Gasteiger partial charge in [-0.1, -0.05) is 39.3 Å². The second-order valence-electron chi connectivity index (χ2n) is 5.66. The van der Waals surface area contributed by atoms with Gasteiger partial charge in [-0.05, 0) is 24.7 Å². The Bertz CT molecular complexity index is 402. The van der Waals surface area contributed by atoms with E-state index in [2.05, 4.69) is 43.0 Å². The largest absolute Gasteiger partial charge is 0.374 e. The lowest BCUT2D eigenvalue weighted by molar-refractivity contribution is 0.128. The first-order valence-corrected chi connectivity index (χ1v) is 7.66. The third kappa shape index (κ3) is 5.63. The SMILES string of the molecule is CCOCc1nc(Cl)cc(NCC(C(C)C)C(C)C)n1. The van der Waals surface area contributed by atoms with Crippen LogP contribution in [0.15, 0.2) is 6.07 Å². The summed E-state index contributed by atoms with van der Waals surface area (Å²) in [4.78, 5) is 8.59. The summed E-state index contributed by atoms with van der Waals surface area (Å²) in [6.45, 7) is 12.9. The van der Waals surface area contributed by atoms with Gasteiger partial charge >= 0.3 is 0 Å². The number of nitrogens with one attached hydrogen (secondary N) is 1. The topological polar surface area (TPSA) is 47.0 Å². The normalized spacial score (nSPS) is 11.7. The quantitative estimate of drug-likeness (QED) is 0.737. The highest BCUT2D eigenvalue weighted by Crippen LogP contribution is 2.21. The molecule has 0 unspecified atom stereocenters. The van der Waals surface area contributed by atoms with Gasteiger partial charge in [0, 0.05) is 19.2 Å². The number of ether oxygens (including phenoxy) is 1. The minimum atomic E-state index is 0.392. The lowest BCUT2D eigenvalue weighted by Gasteiger charge is -2.25. The fourth-order valence-electron chi connectivity index (χ4n) is 2.28. The zero-order valence-corrected chi connectivity index (χ0v) is 13.9. The van der Waals surface area contributed by atoms with Crippen molar-refractivity contribution in [2.24, 2.45) is 17.8 Å². The Morgan fingerprint density at radius 3 is 2.40 bits per heavy atom. The van der Waals surface area contributed by atoms with Gasteiger partial charge in [0.1, 0.15) is 17.6 Å². The van der Waals surface area contributed by atoms with E-state index < -0.39 is 0 Å². The average molecular weight is 300 g/mol. The Kier molecular flexibility index (Phi) is 7.24. The molecule has 0 atom stereocenters. The van der Waals surface area contributed by atoms with Crippen LogP contribution in [0.5, 0.6) is 0 Å². The molecule has 0 aliphatic carbocycles. The maximum Gasteiger partial charge on any atom is 0.158 e. The minimum absolute atomic E-state index is 0.392. The summed E-state index contributed by atoms with van der Waals surface area (Å²) >= 11 is 6.02. The maximum atomic E-state index is 6.02. The molecule has 0 aliphatic rings. The summed E-state index contributed by atoms with van der Waals surface area (Å²) in [5.41, 5.74) is 0. The molecule has 1 rings (SSSR count). The summed E-state index contributed by atoms with van der Waals surface area (Å²) in [6.07, 6.45) is 0. The van der Waals surface area contributed by atoms with E-state index in [0.717, 1.165) is 12.4 Å². The van der Waals surface area contributed by atoms with Gasteiger partial charge in [0.15, 0.2) is 5.82 Å². The molecule has 0 aliphatic heterocycles. The van der Waals surface area contributed by atoms with Crippen molar-refractivity contribution in [3.8, 4) is 0 Å². The Balaban J connectivity index is 2.69. The third-order valence-electron chi connectivity index (χ3n) is 3.41. The monoisotopic (exact) mass is 299 g/mol. The predicted molar refractivity (Wildman–Crippen MR) is 84.0 cm³/mol. The zero-order valence-electron chi connectivity index (χ0n) is 13.1. The lowest BCUT2D eigenvalue weighted by atomic mass is 9.85. The van der Waals surface area contributed by atoms with Gasteiger partial charge in [-0.2, -0.15) is 0 Å². The van der Waals surface area contributed by atoms with E-state index in [4.69, 9.17) is 16.3 Å². The highest BCUT2D eigenvalue weighted by Gasteiger charge is 2.17. The van der Waals surface area contributed by atoms with Gasteiger partial charge < -0.3 is 10.1 Å². The van der Waals surface area contributed by atoms with Crippen LogP contribution in [0.25, 0.3) is 0 Å². The first-order valence-electron chi connectivity index (χ1n) is 7.29. The van der Waals surface area contributed by atoms with Crippen LogP contribution in [-0.4, -0.2) is 23.1 Å². The first kappa shape index (κ1) is 17.2. The van der Waals surface area contributed by atoms with Crippen LogP contribution in [0.1, 0.15) is 40.4 Å². The highest BCUT2D eigenvalue weighted by atomic mass is 35.5. The van der Waals surface area contributed by atoms with E-state index in [9.17, 15) is 0 Å². The van der Waals surface area contributed by atoms with Crippen LogP contribution in [0.3, 0.4) is 0 Å². The molecule has 4 nitrogen and oxygen atoms in total. The van der Waals surface area contributed by atoms with E-state index in [1.807, 2.05) is 6.92 Å². The fraction of sp³-hybridized carbons (Fsp3) is 0.733. The van der Waals surface area contributed by atoms with Gasteiger partial charge in [0.2, 0.25) is 0 Å². The molecule has 0 aromatic carbocycles. The van der Waals surface area contributed by atoms with E-state index >= 15 is 0 Å². The number of hydrogen-bond donors (Lipinski definition) is 1. The van der Waals surface area contributed by atoms with E-state index in [1.54, 1.807) is 6.07 Å². The minimum Gasteiger partial charge on any atom is -0.374 e. The van der Waals surface area contributed by atoms with Crippen molar-refractivity contribution in [2.75, 3.05) is 18.5 Å². The van der Waals surface area contributed by atoms with Gasteiger partial charge in [-0.3, -0.25) is 0 Å². The summed E-state index contributed by atoms with van der Waals surface area (Å²) in [7, 11) is 0. The molecular weight excluding hydrogens is 274 g/mol. The molecule has 0 saturated heterocycles. The predicted octanol–water partition coefficient (Wildman–Crippen LogP) is 4.01. The molecule has 0 fully saturated rings. The molecule has 114 valence electrons. The van der Waals surface area contributed by atoms with E-state index in [-0.39, 0.29) is 0 Å². The molecule has 0 saturated carbocycles. The van der Waals surface area contributed by atoms with Gasteiger partial charge in [-0.15, -0.1) is 0 Å². The van der Waals surface area contributed by atoms with Crippen LogP contribution >= 0.6 is 11.6 Å². The number of nitrogens with zero attached hydrogens (tertiary/aromatic N) is 2. The highest BCUT2D eigenvalue weighted by molar-refractivity contribution is 6.29. The van der Waals surface area contributed by atoms with Crippen LogP contribution in [0.4, 0.5) is 5.82 Å². The average Bonchev–Trinajstić information content (AvgIpc) is 2.35.